The second kappa shape index (κ2) is 7.20. The smallest absolute Gasteiger partial charge is 0.270 e. The van der Waals surface area contributed by atoms with Gasteiger partial charge in [-0.15, -0.1) is 11.8 Å². The van der Waals surface area contributed by atoms with Crippen LogP contribution in [-0.2, 0) is 6.54 Å². The highest BCUT2D eigenvalue weighted by atomic mass is 32.2. The molecule has 0 spiro atoms. The molecular weight excluding hydrogens is 316 g/mol. The topological polar surface area (TPSA) is 45.8 Å². The van der Waals surface area contributed by atoms with Gasteiger partial charge in [0, 0.05) is 4.90 Å². The first-order valence-electron chi connectivity index (χ1n) is 7.56. The normalized spacial score (nSPS) is 10.3. The number of hydrogen-bond acceptors (Lipinski definition) is 3. The summed E-state index contributed by atoms with van der Waals surface area (Å²) >= 11 is 1.42. The van der Waals surface area contributed by atoms with Gasteiger partial charge in [-0.3, -0.25) is 4.79 Å². The van der Waals surface area contributed by atoms with Crippen LogP contribution in [0.4, 0.5) is 0 Å². The van der Waals surface area contributed by atoms with Gasteiger partial charge in [-0.05, 0) is 23.4 Å². The molecule has 0 radical (unpaired) electrons. The minimum absolute atomic E-state index is 0.207. The Labute approximate surface area is 145 Å². The Balaban J connectivity index is 2.25. The Bertz CT molecular complexity index is 941. The van der Waals surface area contributed by atoms with Crippen molar-refractivity contribution in [1.29, 1.82) is 5.26 Å². The van der Waals surface area contributed by atoms with Crippen LogP contribution in [0.15, 0.2) is 76.4 Å². The summed E-state index contributed by atoms with van der Waals surface area (Å²) < 4.78 is 1.68. The molecule has 1 heterocycles. The predicted octanol–water partition coefficient (Wildman–Crippen LogP) is 4.16. The third-order valence-electron chi connectivity index (χ3n) is 3.85. The van der Waals surface area contributed by atoms with Crippen molar-refractivity contribution in [3.05, 3.63) is 88.2 Å². The van der Waals surface area contributed by atoms with Gasteiger partial charge < -0.3 is 4.57 Å². The second-order valence-corrected chi connectivity index (χ2v) is 6.18. The molecule has 0 bridgehead atoms. The van der Waals surface area contributed by atoms with Gasteiger partial charge in [-0.25, -0.2) is 0 Å². The number of nitriles is 1. The zero-order chi connectivity index (χ0) is 16.9. The lowest BCUT2D eigenvalue weighted by atomic mass is 10.1. The van der Waals surface area contributed by atoms with Crippen molar-refractivity contribution in [3.8, 4) is 17.3 Å². The first-order valence-corrected chi connectivity index (χ1v) is 8.78. The summed E-state index contributed by atoms with van der Waals surface area (Å²) in [4.78, 5) is 13.6. The van der Waals surface area contributed by atoms with Gasteiger partial charge in [0.2, 0.25) is 0 Å². The summed E-state index contributed by atoms with van der Waals surface area (Å²) in [7, 11) is 0. The summed E-state index contributed by atoms with van der Waals surface area (Å²) in [5.41, 5.74) is 2.78. The van der Waals surface area contributed by atoms with Gasteiger partial charge >= 0.3 is 0 Å². The van der Waals surface area contributed by atoms with Crippen molar-refractivity contribution in [2.24, 2.45) is 0 Å². The van der Waals surface area contributed by atoms with Crippen LogP contribution in [-0.4, -0.2) is 10.8 Å². The molecule has 0 amide bonds. The fraction of sp³-hybridized carbons (Fsp3) is 0.100. The number of nitrogens with zero attached hydrogens (tertiary/aromatic N) is 2. The molecule has 118 valence electrons. The molecule has 0 aliphatic rings. The van der Waals surface area contributed by atoms with Crippen LogP contribution in [0.2, 0.25) is 0 Å². The number of aromatic nitrogens is 1. The van der Waals surface area contributed by atoms with Crippen LogP contribution in [0.5, 0.6) is 0 Å². The molecular formula is C20H16N2OS. The molecule has 3 aromatic rings. The third kappa shape index (κ3) is 3.12. The van der Waals surface area contributed by atoms with Crippen molar-refractivity contribution in [1.82, 2.24) is 4.57 Å². The van der Waals surface area contributed by atoms with E-state index in [-0.39, 0.29) is 11.1 Å². The average molecular weight is 332 g/mol. The monoisotopic (exact) mass is 332 g/mol. The maximum absolute atomic E-state index is 12.9. The van der Waals surface area contributed by atoms with E-state index in [2.05, 4.69) is 6.07 Å². The molecule has 0 N–H and O–H groups in total. The first-order chi connectivity index (χ1) is 11.7. The predicted molar refractivity (Wildman–Crippen MR) is 98.2 cm³/mol. The molecule has 0 aliphatic carbocycles. The Morgan fingerprint density at radius 1 is 1.04 bits per heavy atom. The molecule has 1 aromatic heterocycles. The highest BCUT2D eigenvalue weighted by Crippen LogP contribution is 2.26. The van der Waals surface area contributed by atoms with E-state index in [4.69, 9.17) is 0 Å². The number of hydrogen-bond donors (Lipinski definition) is 0. The zero-order valence-electron chi connectivity index (χ0n) is 13.3. The SMILES string of the molecule is CSc1cc(-c2ccccc2)n(Cc2ccccc2)c(=O)c1C#N. The first kappa shape index (κ1) is 16.1. The molecule has 2 aromatic carbocycles. The summed E-state index contributed by atoms with van der Waals surface area (Å²) in [6, 6.07) is 23.6. The van der Waals surface area contributed by atoms with Crippen LogP contribution < -0.4 is 5.56 Å². The van der Waals surface area contributed by atoms with Gasteiger partial charge in [-0.2, -0.15) is 5.26 Å². The van der Waals surface area contributed by atoms with E-state index < -0.39 is 0 Å². The lowest BCUT2D eigenvalue weighted by Crippen LogP contribution is -2.25. The largest absolute Gasteiger partial charge is 0.303 e. The summed E-state index contributed by atoms with van der Waals surface area (Å²) in [6.07, 6.45) is 1.88. The molecule has 0 atom stereocenters. The molecule has 3 rings (SSSR count). The number of pyridine rings is 1. The van der Waals surface area contributed by atoms with Crippen LogP contribution >= 0.6 is 11.8 Å². The van der Waals surface area contributed by atoms with E-state index in [0.29, 0.717) is 11.4 Å². The van der Waals surface area contributed by atoms with E-state index in [1.54, 1.807) is 4.57 Å². The minimum atomic E-state index is -0.243. The summed E-state index contributed by atoms with van der Waals surface area (Å²) in [6.45, 7) is 0.438. The standard InChI is InChI=1S/C20H16N2OS/c1-24-19-12-18(16-10-6-3-7-11-16)22(20(23)17(19)13-21)14-15-8-4-2-5-9-15/h2-12H,14H2,1H3. The molecule has 0 unspecified atom stereocenters. The number of thioether (sulfide) groups is 1. The molecule has 3 nitrogen and oxygen atoms in total. The van der Waals surface area contributed by atoms with Crippen LogP contribution in [0.25, 0.3) is 11.3 Å². The summed E-state index contributed by atoms with van der Waals surface area (Å²) in [5.74, 6) is 0. The molecule has 0 saturated heterocycles. The number of benzene rings is 2. The van der Waals surface area contributed by atoms with E-state index in [9.17, 15) is 10.1 Å². The molecule has 0 saturated carbocycles. The van der Waals surface area contributed by atoms with E-state index in [1.807, 2.05) is 73.0 Å². The molecule has 0 aliphatic heterocycles. The Hall–Kier alpha value is -2.77. The van der Waals surface area contributed by atoms with Crippen molar-refractivity contribution in [2.45, 2.75) is 11.4 Å². The van der Waals surface area contributed by atoms with Gasteiger partial charge in [-0.1, -0.05) is 60.7 Å². The van der Waals surface area contributed by atoms with Gasteiger partial charge in [0.15, 0.2) is 0 Å². The van der Waals surface area contributed by atoms with Crippen LogP contribution in [0.1, 0.15) is 11.1 Å². The highest BCUT2D eigenvalue weighted by molar-refractivity contribution is 7.98. The van der Waals surface area contributed by atoms with E-state index in [0.717, 1.165) is 16.8 Å². The molecule has 0 fully saturated rings. The minimum Gasteiger partial charge on any atom is -0.303 e. The van der Waals surface area contributed by atoms with Gasteiger partial charge in [0.05, 0.1) is 12.2 Å². The molecule has 24 heavy (non-hydrogen) atoms. The van der Waals surface area contributed by atoms with Crippen molar-refractivity contribution in [2.75, 3.05) is 6.26 Å². The fourth-order valence-electron chi connectivity index (χ4n) is 2.66. The average Bonchev–Trinajstić information content (AvgIpc) is 2.64. The van der Waals surface area contributed by atoms with Crippen molar-refractivity contribution < 1.29 is 0 Å². The third-order valence-corrected chi connectivity index (χ3v) is 4.61. The second-order valence-electron chi connectivity index (χ2n) is 5.33. The lowest BCUT2D eigenvalue weighted by molar-refractivity contribution is 0.759. The van der Waals surface area contributed by atoms with E-state index >= 15 is 0 Å². The fourth-order valence-corrected chi connectivity index (χ4v) is 3.23. The maximum Gasteiger partial charge on any atom is 0.270 e. The van der Waals surface area contributed by atoms with Crippen LogP contribution in [0, 0.1) is 11.3 Å². The van der Waals surface area contributed by atoms with Gasteiger partial charge in [0.25, 0.3) is 5.56 Å². The van der Waals surface area contributed by atoms with Gasteiger partial charge in [0.1, 0.15) is 11.6 Å². The quantitative estimate of drug-likeness (QED) is 0.674. The molecule has 4 heteroatoms. The van der Waals surface area contributed by atoms with Crippen molar-refractivity contribution in [3.63, 3.8) is 0 Å². The Morgan fingerprint density at radius 2 is 1.67 bits per heavy atom. The Kier molecular flexibility index (Phi) is 4.83. The van der Waals surface area contributed by atoms with E-state index in [1.165, 1.54) is 11.8 Å². The number of rotatable bonds is 4. The van der Waals surface area contributed by atoms with Crippen molar-refractivity contribution >= 4 is 11.8 Å². The highest BCUT2D eigenvalue weighted by Gasteiger charge is 2.15. The maximum atomic E-state index is 12.9. The van der Waals surface area contributed by atoms with Crippen LogP contribution in [0.3, 0.4) is 0 Å². The lowest BCUT2D eigenvalue weighted by Gasteiger charge is -2.16. The Morgan fingerprint density at radius 3 is 2.25 bits per heavy atom. The summed E-state index contributed by atoms with van der Waals surface area (Å²) in [5, 5.41) is 9.41. The zero-order valence-corrected chi connectivity index (χ0v) is 14.1.